The fourth-order valence-corrected chi connectivity index (χ4v) is 3.82. The summed E-state index contributed by atoms with van der Waals surface area (Å²) in [7, 11) is 0. The zero-order valence-corrected chi connectivity index (χ0v) is 21.2. The van der Waals surface area contributed by atoms with E-state index in [9.17, 15) is 23.2 Å². The second-order valence-electron chi connectivity index (χ2n) is 9.16. The number of hydroxylamine groups is 2. The predicted octanol–water partition coefficient (Wildman–Crippen LogP) is 8.62. The van der Waals surface area contributed by atoms with Crippen LogP contribution in [0.25, 0.3) is 0 Å². The molecule has 198 valence electrons. The van der Waals surface area contributed by atoms with Crippen molar-refractivity contribution in [3.05, 3.63) is 82.6 Å². The standard InChI is InChI=1S/C29H38F3N2O2/c1-2-3-4-5-6-7-8-9-10-11-12-13-28(35)33-27-20-16-25(17-21-27)23-34(36)22-24-14-18-26(19-15-24)29(30,31)32/h5-6,14-21H,2-4,7-13,22-23H2,1H3,(H,33,35)/q-1/b6-5+. The van der Waals surface area contributed by atoms with Gasteiger partial charge in [-0.3, -0.25) is 4.79 Å². The van der Waals surface area contributed by atoms with E-state index in [0.717, 1.165) is 48.4 Å². The molecule has 2 aromatic rings. The highest BCUT2D eigenvalue weighted by Gasteiger charge is 2.29. The van der Waals surface area contributed by atoms with Crippen LogP contribution < -0.4 is 5.32 Å². The Morgan fingerprint density at radius 3 is 1.94 bits per heavy atom. The van der Waals surface area contributed by atoms with Crippen molar-refractivity contribution in [1.29, 1.82) is 0 Å². The number of carbonyl (C=O) groups is 1. The van der Waals surface area contributed by atoms with Crippen LogP contribution in [0.1, 0.15) is 87.8 Å². The van der Waals surface area contributed by atoms with Gasteiger partial charge in [-0.15, -0.1) is 0 Å². The lowest BCUT2D eigenvalue weighted by Gasteiger charge is -2.28. The van der Waals surface area contributed by atoms with Gasteiger partial charge in [0.05, 0.1) is 5.56 Å². The first-order valence-corrected chi connectivity index (χ1v) is 12.9. The summed E-state index contributed by atoms with van der Waals surface area (Å²) < 4.78 is 37.9. The number of benzene rings is 2. The minimum Gasteiger partial charge on any atom is -0.785 e. The minimum atomic E-state index is -4.39. The van der Waals surface area contributed by atoms with Crippen molar-refractivity contribution < 1.29 is 18.0 Å². The van der Waals surface area contributed by atoms with Gasteiger partial charge in [0.2, 0.25) is 5.91 Å². The van der Waals surface area contributed by atoms with Crippen LogP contribution in [0.2, 0.25) is 0 Å². The van der Waals surface area contributed by atoms with E-state index in [1.165, 1.54) is 44.2 Å². The number of nitrogens with one attached hydrogen (secondary N) is 1. The maximum Gasteiger partial charge on any atom is 0.416 e. The number of carbonyl (C=O) groups excluding carboxylic acids is 1. The molecule has 36 heavy (non-hydrogen) atoms. The van der Waals surface area contributed by atoms with Gasteiger partial charge in [0.25, 0.3) is 0 Å². The lowest BCUT2D eigenvalue weighted by molar-refractivity contribution is -0.137. The number of rotatable bonds is 16. The summed E-state index contributed by atoms with van der Waals surface area (Å²) in [5, 5.41) is 15.9. The molecule has 0 aliphatic rings. The Hall–Kier alpha value is -2.64. The highest BCUT2D eigenvalue weighted by Crippen LogP contribution is 2.29. The summed E-state index contributed by atoms with van der Waals surface area (Å²) in [6.45, 7) is 2.30. The number of hydrogen-bond acceptors (Lipinski definition) is 3. The van der Waals surface area contributed by atoms with Gasteiger partial charge in [0.15, 0.2) is 0 Å². The summed E-state index contributed by atoms with van der Waals surface area (Å²) in [6, 6.07) is 11.6. The van der Waals surface area contributed by atoms with Crippen LogP contribution in [0.3, 0.4) is 0 Å². The Bertz CT molecular complexity index is 910. The molecule has 1 amide bonds. The van der Waals surface area contributed by atoms with Crippen LogP contribution in [-0.2, 0) is 24.1 Å². The van der Waals surface area contributed by atoms with Crippen molar-refractivity contribution in [3.63, 3.8) is 0 Å². The summed E-state index contributed by atoms with van der Waals surface area (Å²) in [6.07, 6.45) is 10.9. The van der Waals surface area contributed by atoms with Crippen molar-refractivity contribution in [1.82, 2.24) is 5.06 Å². The first-order chi connectivity index (χ1) is 17.3. The molecule has 0 aromatic heterocycles. The van der Waals surface area contributed by atoms with Crippen LogP contribution in [0.4, 0.5) is 18.9 Å². The molecule has 0 bridgehead atoms. The lowest BCUT2D eigenvalue weighted by atomic mass is 10.1. The molecule has 0 radical (unpaired) electrons. The molecule has 0 saturated heterocycles. The number of unbranched alkanes of at least 4 members (excludes halogenated alkanes) is 7. The van der Waals surface area contributed by atoms with Crippen LogP contribution in [0.15, 0.2) is 60.7 Å². The van der Waals surface area contributed by atoms with Gasteiger partial charge < -0.3 is 15.6 Å². The third-order valence-corrected chi connectivity index (χ3v) is 5.90. The number of hydrogen-bond donors (Lipinski definition) is 1. The topological polar surface area (TPSA) is 55.4 Å². The molecule has 0 aliphatic carbocycles. The van der Waals surface area contributed by atoms with Crippen molar-refractivity contribution in [2.45, 2.75) is 90.4 Å². The molecule has 0 saturated carbocycles. The number of alkyl halides is 3. The second-order valence-corrected chi connectivity index (χ2v) is 9.16. The molecule has 1 N–H and O–H groups in total. The first kappa shape index (κ1) is 29.6. The minimum absolute atomic E-state index is 0.00766. The molecule has 0 fully saturated rings. The van der Waals surface area contributed by atoms with Gasteiger partial charge in [0.1, 0.15) is 0 Å². The SMILES string of the molecule is CCCC/C=C/CCCCCCCC(=O)Nc1ccc(CN([O-])Cc2ccc(C(F)(F)F)cc2)cc1. The Balaban J connectivity index is 1.61. The molecule has 0 atom stereocenters. The monoisotopic (exact) mass is 503 g/mol. The smallest absolute Gasteiger partial charge is 0.416 e. The zero-order chi connectivity index (χ0) is 26.2. The third kappa shape index (κ3) is 12.4. The van der Waals surface area contributed by atoms with Gasteiger partial charge in [-0.05, 0) is 61.1 Å². The van der Waals surface area contributed by atoms with Crippen LogP contribution in [0, 0.1) is 5.21 Å². The van der Waals surface area contributed by atoms with E-state index in [2.05, 4.69) is 24.4 Å². The predicted molar refractivity (Wildman–Crippen MR) is 140 cm³/mol. The Morgan fingerprint density at radius 1 is 0.833 bits per heavy atom. The fourth-order valence-electron chi connectivity index (χ4n) is 3.82. The van der Waals surface area contributed by atoms with Crippen LogP contribution >= 0.6 is 0 Å². The van der Waals surface area contributed by atoms with Crippen LogP contribution in [-0.4, -0.2) is 11.0 Å². The normalized spacial score (nSPS) is 11.9. The van der Waals surface area contributed by atoms with Crippen molar-refractivity contribution in [2.75, 3.05) is 5.32 Å². The number of anilines is 1. The van der Waals surface area contributed by atoms with Gasteiger partial charge in [0, 0.05) is 25.2 Å². The van der Waals surface area contributed by atoms with Crippen LogP contribution in [0.5, 0.6) is 0 Å². The van der Waals surface area contributed by atoms with Gasteiger partial charge in [-0.2, -0.15) is 13.2 Å². The van der Waals surface area contributed by atoms with E-state index >= 15 is 0 Å². The van der Waals surface area contributed by atoms with Gasteiger partial charge in [-0.1, -0.05) is 75.4 Å². The first-order valence-electron chi connectivity index (χ1n) is 12.9. The highest BCUT2D eigenvalue weighted by molar-refractivity contribution is 5.90. The van der Waals surface area contributed by atoms with E-state index in [0.29, 0.717) is 17.7 Å². The summed E-state index contributed by atoms with van der Waals surface area (Å²) in [5.41, 5.74) is 1.22. The Morgan fingerprint density at radius 2 is 1.36 bits per heavy atom. The Labute approximate surface area is 213 Å². The molecule has 2 rings (SSSR count). The fraction of sp³-hybridized carbons (Fsp3) is 0.483. The number of halogens is 3. The molecule has 2 aromatic carbocycles. The maximum absolute atomic E-state index is 12.6. The van der Waals surface area contributed by atoms with Gasteiger partial charge >= 0.3 is 6.18 Å². The summed E-state index contributed by atoms with van der Waals surface area (Å²) in [4.78, 5) is 12.2. The molecule has 0 aliphatic heterocycles. The van der Waals surface area contributed by atoms with Crippen molar-refractivity contribution >= 4 is 11.6 Å². The molecular formula is C29H38F3N2O2-. The quantitative estimate of drug-likeness (QED) is 0.142. The van der Waals surface area contributed by atoms with E-state index in [1.807, 2.05) is 0 Å². The van der Waals surface area contributed by atoms with Gasteiger partial charge in [-0.25, -0.2) is 0 Å². The number of amides is 1. The molecule has 4 nitrogen and oxygen atoms in total. The maximum atomic E-state index is 12.6. The number of allylic oxidation sites excluding steroid dienone is 2. The third-order valence-electron chi connectivity index (χ3n) is 5.90. The summed E-state index contributed by atoms with van der Waals surface area (Å²) in [5.74, 6) is -0.0191. The van der Waals surface area contributed by atoms with E-state index in [-0.39, 0.29) is 19.0 Å². The molecule has 0 spiro atoms. The average molecular weight is 504 g/mol. The molecular weight excluding hydrogens is 465 g/mol. The van der Waals surface area contributed by atoms with E-state index in [4.69, 9.17) is 0 Å². The summed E-state index contributed by atoms with van der Waals surface area (Å²) >= 11 is 0. The van der Waals surface area contributed by atoms with E-state index in [1.54, 1.807) is 24.3 Å². The average Bonchev–Trinajstić information content (AvgIpc) is 2.83. The lowest BCUT2D eigenvalue weighted by Crippen LogP contribution is -2.15. The molecule has 0 heterocycles. The zero-order valence-electron chi connectivity index (χ0n) is 21.2. The Kier molecular flexibility index (Phi) is 13.3. The largest absolute Gasteiger partial charge is 0.785 e. The van der Waals surface area contributed by atoms with Crippen molar-refractivity contribution in [3.8, 4) is 0 Å². The molecule has 0 unspecified atom stereocenters. The van der Waals surface area contributed by atoms with E-state index < -0.39 is 11.7 Å². The van der Waals surface area contributed by atoms with Crippen molar-refractivity contribution in [2.24, 2.45) is 0 Å². The highest BCUT2D eigenvalue weighted by atomic mass is 19.4. The second kappa shape index (κ2) is 16.2. The number of nitrogens with zero attached hydrogens (tertiary/aromatic N) is 1. The molecule has 7 heteroatoms.